The van der Waals surface area contributed by atoms with E-state index in [0.29, 0.717) is 0 Å². The largest absolute Gasteiger partial charge is 0.358 e. The van der Waals surface area contributed by atoms with Crippen molar-refractivity contribution in [1.29, 1.82) is 0 Å². The van der Waals surface area contributed by atoms with Gasteiger partial charge >= 0.3 is 0 Å². The van der Waals surface area contributed by atoms with Crippen LogP contribution >= 0.6 is 11.6 Å². The van der Waals surface area contributed by atoms with E-state index < -0.39 is 0 Å². The number of unbranched alkanes of at least 4 members (excludes halogenated alkanes) is 1. The smallest absolute Gasteiger partial charge is 0.0941 e. The molecule has 2 nitrogen and oxygen atoms in total. The Labute approximate surface area is 102 Å². The normalized spacial score (nSPS) is 14.9. The number of anilines is 1. The zero-order valence-corrected chi connectivity index (χ0v) is 10.3. The molecule has 0 amide bonds. The predicted octanol–water partition coefficient (Wildman–Crippen LogP) is 3.69. The van der Waals surface area contributed by atoms with E-state index >= 15 is 0 Å². The summed E-state index contributed by atoms with van der Waals surface area (Å²) in [6, 6.07) is 7.96. The summed E-state index contributed by atoms with van der Waals surface area (Å²) in [5, 5.41) is 0.787. The Hall–Kier alpha value is -1.15. The van der Waals surface area contributed by atoms with Gasteiger partial charge in [-0.1, -0.05) is 24.9 Å². The van der Waals surface area contributed by atoms with Gasteiger partial charge in [0, 0.05) is 29.7 Å². The maximum Gasteiger partial charge on any atom is 0.0941 e. The van der Waals surface area contributed by atoms with Crippen LogP contribution < -0.4 is 4.90 Å². The lowest BCUT2D eigenvalue weighted by Gasteiger charge is -2.21. The van der Waals surface area contributed by atoms with E-state index in [0.717, 1.165) is 18.2 Å². The monoisotopic (exact) mass is 236 g/mol. The van der Waals surface area contributed by atoms with Crippen molar-refractivity contribution in [2.24, 2.45) is 0 Å². The Morgan fingerprint density at radius 2 is 1.94 bits per heavy atom. The first-order valence-electron chi connectivity index (χ1n) is 5.74. The van der Waals surface area contributed by atoms with Gasteiger partial charge in [-0.3, -0.25) is 0 Å². The fourth-order valence-electron chi connectivity index (χ4n) is 1.77. The van der Waals surface area contributed by atoms with Crippen LogP contribution in [0.25, 0.3) is 0 Å². The molecule has 0 N–H and O–H groups in total. The number of nitrogens with zero attached hydrogens (tertiary/aromatic N) is 2. The van der Waals surface area contributed by atoms with Crippen LogP contribution in [0.2, 0.25) is 5.02 Å². The van der Waals surface area contributed by atoms with Crippen LogP contribution in [0.1, 0.15) is 19.8 Å². The Morgan fingerprint density at radius 3 is 2.62 bits per heavy atom. The number of hydrogen-bond donors (Lipinski definition) is 0. The van der Waals surface area contributed by atoms with Gasteiger partial charge in [-0.15, -0.1) is 0 Å². The molecule has 2 rings (SSSR count). The third-order valence-electron chi connectivity index (χ3n) is 2.75. The molecule has 1 aromatic rings. The highest BCUT2D eigenvalue weighted by Crippen LogP contribution is 2.21. The van der Waals surface area contributed by atoms with E-state index in [1.807, 2.05) is 12.1 Å². The molecule has 0 saturated carbocycles. The molecule has 0 saturated heterocycles. The van der Waals surface area contributed by atoms with E-state index in [4.69, 9.17) is 11.6 Å². The summed E-state index contributed by atoms with van der Waals surface area (Å²) in [6.45, 7) is 4.30. The van der Waals surface area contributed by atoms with Crippen molar-refractivity contribution in [2.45, 2.75) is 19.8 Å². The molecule has 0 atom stereocenters. The molecule has 0 unspecified atom stereocenters. The average molecular weight is 237 g/mol. The molecule has 0 bridgehead atoms. The summed E-state index contributed by atoms with van der Waals surface area (Å²) in [5.41, 5.74) is 1.19. The average Bonchev–Trinajstić information content (AvgIpc) is 2.76. The van der Waals surface area contributed by atoms with Gasteiger partial charge in [-0.2, -0.15) is 0 Å². The van der Waals surface area contributed by atoms with Gasteiger partial charge in [0.1, 0.15) is 0 Å². The summed E-state index contributed by atoms with van der Waals surface area (Å²) < 4.78 is 0. The van der Waals surface area contributed by atoms with E-state index in [-0.39, 0.29) is 0 Å². The fraction of sp³-hybridized carbons (Fsp3) is 0.385. The third kappa shape index (κ3) is 2.70. The number of rotatable bonds is 4. The van der Waals surface area contributed by atoms with E-state index in [1.54, 1.807) is 0 Å². The van der Waals surface area contributed by atoms with Gasteiger partial charge in [0.15, 0.2) is 0 Å². The van der Waals surface area contributed by atoms with Gasteiger partial charge < -0.3 is 9.80 Å². The van der Waals surface area contributed by atoms with E-state index in [2.05, 4.69) is 41.3 Å². The summed E-state index contributed by atoms with van der Waals surface area (Å²) in [4.78, 5) is 4.56. The highest BCUT2D eigenvalue weighted by Gasteiger charge is 2.12. The van der Waals surface area contributed by atoms with Gasteiger partial charge in [-0.05, 0) is 30.7 Å². The van der Waals surface area contributed by atoms with Crippen LogP contribution in [0.15, 0.2) is 36.7 Å². The molecule has 1 heterocycles. The molecule has 0 radical (unpaired) electrons. The van der Waals surface area contributed by atoms with Crippen LogP contribution in [0, 0.1) is 0 Å². The van der Waals surface area contributed by atoms with E-state index in [9.17, 15) is 0 Å². The molecular weight excluding hydrogens is 220 g/mol. The fourth-order valence-corrected chi connectivity index (χ4v) is 1.90. The Bertz CT molecular complexity index is 359. The lowest BCUT2D eigenvalue weighted by atomic mass is 10.3. The van der Waals surface area contributed by atoms with Crippen molar-refractivity contribution in [3.05, 3.63) is 41.7 Å². The lowest BCUT2D eigenvalue weighted by molar-refractivity contribution is 0.396. The van der Waals surface area contributed by atoms with Gasteiger partial charge in [0.05, 0.1) is 6.67 Å². The minimum atomic E-state index is 0.787. The molecule has 0 spiro atoms. The quantitative estimate of drug-likeness (QED) is 0.787. The van der Waals surface area contributed by atoms with E-state index in [1.165, 1.54) is 18.5 Å². The molecule has 16 heavy (non-hydrogen) atoms. The summed E-state index contributed by atoms with van der Waals surface area (Å²) in [7, 11) is 0. The topological polar surface area (TPSA) is 6.48 Å². The molecule has 1 aliphatic rings. The highest BCUT2D eigenvalue weighted by molar-refractivity contribution is 6.30. The standard InChI is InChI=1S/C13H17ClN2/c1-2-3-8-15-9-10-16(11-15)13-6-4-12(14)5-7-13/h4-7,9-10H,2-3,8,11H2,1H3. The van der Waals surface area contributed by atoms with Crippen LogP contribution in [0.4, 0.5) is 5.69 Å². The number of hydrogen-bond acceptors (Lipinski definition) is 2. The molecule has 0 fully saturated rings. The summed E-state index contributed by atoms with van der Waals surface area (Å²) in [6.07, 6.45) is 6.77. The van der Waals surface area contributed by atoms with Crippen LogP contribution in [0.3, 0.4) is 0 Å². The van der Waals surface area contributed by atoms with Crippen LogP contribution in [-0.2, 0) is 0 Å². The summed E-state index contributed by atoms with van der Waals surface area (Å²) >= 11 is 5.87. The van der Waals surface area contributed by atoms with Crippen molar-refractivity contribution < 1.29 is 0 Å². The lowest BCUT2D eigenvalue weighted by Crippen LogP contribution is -2.25. The second kappa shape index (κ2) is 5.26. The maximum atomic E-state index is 5.87. The SMILES string of the molecule is CCCCN1C=CN(c2ccc(Cl)cc2)C1. The number of benzene rings is 1. The highest BCUT2D eigenvalue weighted by atomic mass is 35.5. The molecule has 86 valence electrons. The molecule has 1 aliphatic heterocycles. The second-order valence-electron chi connectivity index (χ2n) is 4.05. The predicted molar refractivity (Wildman–Crippen MR) is 69.6 cm³/mol. The van der Waals surface area contributed by atoms with Gasteiger partial charge in [0.25, 0.3) is 0 Å². The van der Waals surface area contributed by atoms with Crippen molar-refractivity contribution in [1.82, 2.24) is 4.90 Å². The Kier molecular flexibility index (Phi) is 3.73. The first kappa shape index (κ1) is 11.3. The first-order valence-corrected chi connectivity index (χ1v) is 6.12. The van der Waals surface area contributed by atoms with Gasteiger partial charge in [-0.25, -0.2) is 0 Å². The zero-order valence-electron chi connectivity index (χ0n) is 9.56. The molecule has 0 aliphatic carbocycles. The van der Waals surface area contributed by atoms with Gasteiger partial charge in [0.2, 0.25) is 0 Å². The molecule has 0 aromatic heterocycles. The minimum Gasteiger partial charge on any atom is -0.358 e. The second-order valence-corrected chi connectivity index (χ2v) is 4.49. The van der Waals surface area contributed by atoms with Crippen LogP contribution in [0.5, 0.6) is 0 Å². The maximum absolute atomic E-state index is 5.87. The van der Waals surface area contributed by atoms with Crippen molar-refractivity contribution in [3.63, 3.8) is 0 Å². The van der Waals surface area contributed by atoms with Crippen molar-refractivity contribution in [3.8, 4) is 0 Å². The first-order chi connectivity index (χ1) is 7.79. The van der Waals surface area contributed by atoms with Crippen LogP contribution in [-0.4, -0.2) is 18.1 Å². The third-order valence-corrected chi connectivity index (χ3v) is 3.00. The Morgan fingerprint density at radius 1 is 1.19 bits per heavy atom. The number of halogens is 1. The minimum absolute atomic E-state index is 0.787. The van der Waals surface area contributed by atoms with Crippen molar-refractivity contribution >= 4 is 17.3 Å². The Balaban J connectivity index is 1.94. The molecule has 3 heteroatoms. The van der Waals surface area contributed by atoms with Crippen molar-refractivity contribution in [2.75, 3.05) is 18.1 Å². The zero-order chi connectivity index (χ0) is 11.4. The summed E-state index contributed by atoms with van der Waals surface area (Å²) in [5.74, 6) is 0. The molecular formula is C13H17ClN2. The molecule has 1 aromatic carbocycles.